The highest BCUT2D eigenvalue weighted by molar-refractivity contribution is 4.91. The van der Waals surface area contributed by atoms with Gasteiger partial charge in [-0.2, -0.15) is 10.1 Å². The lowest BCUT2D eigenvalue weighted by atomic mass is 10.0. The van der Waals surface area contributed by atoms with Gasteiger partial charge in [-0.3, -0.25) is 4.90 Å². The van der Waals surface area contributed by atoms with E-state index in [1.54, 1.807) is 0 Å². The minimum atomic E-state index is 0.450. The average molecular weight is 290 g/mol. The summed E-state index contributed by atoms with van der Waals surface area (Å²) >= 11 is 0. The monoisotopic (exact) mass is 290 g/mol. The Balaban J connectivity index is 1.70. The lowest BCUT2D eigenvalue weighted by molar-refractivity contribution is 0.107. The molecule has 21 heavy (non-hydrogen) atoms. The summed E-state index contributed by atoms with van der Waals surface area (Å²) in [4.78, 5) is 11.1. The van der Waals surface area contributed by atoms with Crippen molar-refractivity contribution in [2.45, 2.75) is 59.2 Å². The molecule has 2 aromatic heterocycles. The SMILES string of the molecule is Cc1noc(CN2CCCCC2Cn2nc(C)nc2C)n1. The van der Waals surface area contributed by atoms with Crippen LogP contribution < -0.4 is 0 Å². The van der Waals surface area contributed by atoms with Crippen LogP contribution in [0.2, 0.25) is 0 Å². The lowest BCUT2D eigenvalue weighted by Crippen LogP contribution is -2.42. The van der Waals surface area contributed by atoms with Gasteiger partial charge in [-0.1, -0.05) is 11.6 Å². The van der Waals surface area contributed by atoms with E-state index in [4.69, 9.17) is 4.52 Å². The van der Waals surface area contributed by atoms with Gasteiger partial charge in [-0.15, -0.1) is 0 Å². The summed E-state index contributed by atoms with van der Waals surface area (Å²) in [5.41, 5.74) is 0. The van der Waals surface area contributed by atoms with Gasteiger partial charge in [0, 0.05) is 6.04 Å². The fraction of sp³-hybridized carbons (Fsp3) is 0.714. The van der Waals surface area contributed by atoms with Gasteiger partial charge in [0.25, 0.3) is 0 Å². The molecule has 2 aromatic rings. The van der Waals surface area contributed by atoms with Crippen molar-refractivity contribution in [2.24, 2.45) is 0 Å². The molecule has 0 amide bonds. The molecule has 1 aliphatic heterocycles. The van der Waals surface area contributed by atoms with E-state index in [0.29, 0.717) is 17.8 Å². The number of hydrogen-bond donors (Lipinski definition) is 0. The van der Waals surface area contributed by atoms with Gasteiger partial charge in [0.05, 0.1) is 13.1 Å². The number of likely N-dealkylation sites (tertiary alicyclic amines) is 1. The van der Waals surface area contributed by atoms with Crippen LogP contribution >= 0.6 is 0 Å². The Bertz CT molecular complexity index is 604. The summed E-state index contributed by atoms with van der Waals surface area (Å²) in [7, 11) is 0. The number of aromatic nitrogens is 5. The van der Waals surface area contributed by atoms with E-state index in [9.17, 15) is 0 Å². The molecule has 1 unspecified atom stereocenters. The minimum absolute atomic E-state index is 0.450. The van der Waals surface area contributed by atoms with E-state index in [-0.39, 0.29) is 0 Å². The predicted octanol–water partition coefficient (Wildman–Crippen LogP) is 1.64. The standard InChI is InChI=1S/C14H22N6O/c1-10-15-12(3)20(17-10)8-13-6-4-5-7-19(13)9-14-16-11(2)18-21-14/h13H,4-9H2,1-3H3. The zero-order valence-corrected chi connectivity index (χ0v) is 12.9. The van der Waals surface area contributed by atoms with Crippen LogP contribution in [-0.4, -0.2) is 42.4 Å². The highest BCUT2D eigenvalue weighted by Gasteiger charge is 2.25. The van der Waals surface area contributed by atoms with Gasteiger partial charge in [-0.25, -0.2) is 9.67 Å². The van der Waals surface area contributed by atoms with E-state index in [0.717, 1.165) is 31.3 Å². The van der Waals surface area contributed by atoms with E-state index < -0.39 is 0 Å². The first-order valence-corrected chi connectivity index (χ1v) is 7.53. The van der Waals surface area contributed by atoms with Gasteiger partial charge in [0.2, 0.25) is 5.89 Å². The Morgan fingerprint density at radius 2 is 2.00 bits per heavy atom. The van der Waals surface area contributed by atoms with Crippen molar-refractivity contribution in [3.63, 3.8) is 0 Å². The molecule has 0 saturated carbocycles. The highest BCUT2D eigenvalue weighted by Crippen LogP contribution is 2.20. The van der Waals surface area contributed by atoms with Crippen LogP contribution in [0.4, 0.5) is 0 Å². The first kappa shape index (κ1) is 14.2. The van der Waals surface area contributed by atoms with Crippen molar-refractivity contribution < 1.29 is 4.52 Å². The molecular formula is C14H22N6O. The Morgan fingerprint density at radius 1 is 1.14 bits per heavy atom. The number of rotatable bonds is 4. The topological polar surface area (TPSA) is 72.9 Å². The summed E-state index contributed by atoms with van der Waals surface area (Å²) in [6.07, 6.45) is 3.65. The summed E-state index contributed by atoms with van der Waals surface area (Å²) < 4.78 is 7.27. The number of aryl methyl sites for hydroxylation is 3. The van der Waals surface area contributed by atoms with Crippen LogP contribution in [0.25, 0.3) is 0 Å². The molecule has 114 valence electrons. The second kappa shape index (κ2) is 5.93. The average Bonchev–Trinajstić information content (AvgIpc) is 2.98. The molecule has 1 fully saturated rings. The Morgan fingerprint density at radius 3 is 2.67 bits per heavy atom. The first-order chi connectivity index (χ1) is 10.1. The maximum atomic E-state index is 5.26. The van der Waals surface area contributed by atoms with Crippen LogP contribution in [0.15, 0.2) is 4.52 Å². The van der Waals surface area contributed by atoms with E-state index in [1.807, 2.05) is 25.5 Å². The molecule has 7 nitrogen and oxygen atoms in total. The van der Waals surface area contributed by atoms with Crippen LogP contribution in [0, 0.1) is 20.8 Å². The number of nitrogens with zero attached hydrogens (tertiary/aromatic N) is 6. The Kier molecular flexibility index (Phi) is 4.01. The summed E-state index contributed by atoms with van der Waals surface area (Å²) in [5.74, 6) is 3.21. The maximum absolute atomic E-state index is 5.26. The van der Waals surface area contributed by atoms with Gasteiger partial charge >= 0.3 is 0 Å². The summed E-state index contributed by atoms with van der Waals surface area (Å²) in [6.45, 7) is 8.46. The molecule has 0 radical (unpaired) electrons. The Labute approximate surface area is 124 Å². The fourth-order valence-electron chi connectivity index (χ4n) is 2.99. The highest BCUT2D eigenvalue weighted by atomic mass is 16.5. The minimum Gasteiger partial charge on any atom is -0.338 e. The fourth-order valence-corrected chi connectivity index (χ4v) is 2.99. The third kappa shape index (κ3) is 3.29. The molecule has 1 saturated heterocycles. The van der Waals surface area contributed by atoms with Crippen molar-refractivity contribution in [1.29, 1.82) is 0 Å². The lowest BCUT2D eigenvalue weighted by Gasteiger charge is -2.34. The van der Waals surface area contributed by atoms with Crippen LogP contribution in [-0.2, 0) is 13.1 Å². The zero-order valence-electron chi connectivity index (χ0n) is 12.9. The van der Waals surface area contributed by atoms with Gasteiger partial charge in [0.15, 0.2) is 5.82 Å². The zero-order chi connectivity index (χ0) is 14.8. The number of hydrogen-bond acceptors (Lipinski definition) is 6. The molecule has 1 atom stereocenters. The van der Waals surface area contributed by atoms with Crippen molar-refractivity contribution in [2.75, 3.05) is 6.54 Å². The third-order valence-electron chi connectivity index (χ3n) is 4.00. The van der Waals surface area contributed by atoms with Crippen LogP contribution in [0.1, 0.15) is 42.6 Å². The molecule has 1 aliphatic rings. The Hall–Kier alpha value is -1.76. The molecule has 0 aliphatic carbocycles. The van der Waals surface area contributed by atoms with Gasteiger partial charge in [-0.05, 0) is 40.2 Å². The van der Waals surface area contributed by atoms with Crippen LogP contribution in [0.3, 0.4) is 0 Å². The second-order valence-corrected chi connectivity index (χ2v) is 5.74. The molecule has 0 bridgehead atoms. The normalized spacial score (nSPS) is 20.0. The smallest absolute Gasteiger partial charge is 0.240 e. The van der Waals surface area contributed by atoms with Crippen molar-refractivity contribution in [1.82, 2.24) is 29.8 Å². The quantitative estimate of drug-likeness (QED) is 0.852. The van der Waals surface area contributed by atoms with Gasteiger partial charge < -0.3 is 4.52 Å². The van der Waals surface area contributed by atoms with Crippen molar-refractivity contribution in [3.05, 3.63) is 23.4 Å². The van der Waals surface area contributed by atoms with Crippen molar-refractivity contribution in [3.8, 4) is 0 Å². The van der Waals surface area contributed by atoms with E-state index >= 15 is 0 Å². The molecule has 7 heteroatoms. The summed E-state index contributed by atoms with van der Waals surface area (Å²) in [5, 5.41) is 8.35. The van der Waals surface area contributed by atoms with E-state index in [1.165, 1.54) is 19.3 Å². The van der Waals surface area contributed by atoms with Crippen LogP contribution in [0.5, 0.6) is 0 Å². The largest absolute Gasteiger partial charge is 0.338 e. The van der Waals surface area contributed by atoms with E-state index in [2.05, 4.69) is 25.1 Å². The van der Waals surface area contributed by atoms with Gasteiger partial charge in [0.1, 0.15) is 11.6 Å². The predicted molar refractivity (Wildman–Crippen MR) is 76.6 cm³/mol. The maximum Gasteiger partial charge on any atom is 0.240 e. The first-order valence-electron chi connectivity index (χ1n) is 7.53. The molecule has 0 aromatic carbocycles. The molecule has 3 rings (SSSR count). The molecule has 0 N–H and O–H groups in total. The van der Waals surface area contributed by atoms with Crippen molar-refractivity contribution >= 4 is 0 Å². The number of piperidine rings is 1. The third-order valence-corrected chi connectivity index (χ3v) is 4.00. The molecular weight excluding hydrogens is 268 g/mol. The second-order valence-electron chi connectivity index (χ2n) is 5.74. The molecule has 3 heterocycles. The summed E-state index contributed by atoms with van der Waals surface area (Å²) in [6, 6.07) is 0.450. The molecule has 0 spiro atoms.